The third-order valence-electron chi connectivity index (χ3n) is 3.30. The number of hydrogen-bond donors (Lipinski definition) is 1. The molecule has 0 spiro atoms. The number of carbonyl (C=O) groups excluding carboxylic acids is 1. The van der Waals surface area contributed by atoms with Crippen molar-refractivity contribution in [1.29, 1.82) is 0 Å². The highest BCUT2D eigenvalue weighted by atomic mass is 79.9. The van der Waals surface area contributed by atoms with Crippen LogP contribution >= 0.6 is 31.9 Å². The van der Waals surface area contributed by atoms with Crippen molar-refractivity contribution in [3.05, 3.63) is 62.5 Å². The summed E-state index contributed by atoms with van der Waals surface area (Å²) < 4.78 is 6.91. The number of hydrogen-bond acceptors (Lipinski definition) is 2. The SMILES string of the molecule is CCc1ccc(NC(=O)/C=C/c2ccc(OC)c(Br)c2)c(Br)c1. The second-order valence-corrected chi connectivity index (χ2v) is 6.59. The highest BCUT2D eigenvalue weighted by Crippen LogP contribution is 2.26. The first-order valence-electron chi connectivity index (χ1n) is 7.14. The van der Waals surface area contributed by atoms with Crippen molar-refractivity contribution in [3.8, 4) is 5.75 Å². The zero-order valence-corrected chi connectivity index (χ0v) is 16.1. The van der Waals surface area contributed by atoms with Gasteiger partial charge in [-0.1, -0.05) is 19.1 Å². The number of rotatable bonds is 5. The molecule has 3 nitrogen and oxygen atoms in total. The molecule has 0 atom stereocenters. The lowest BCUT2D eigenvalue weighted by atomic mass is 10.1. The molecule has 120 valence electrons. The van der Waals surface area contributed by atoms with Crippen LogP contribution in [0.5, 0.6) is 5.75 Å². The van der Waals surface area contributed by atoms with Gasteiger partial charge in [0.15, 0.2) is 0 Å². The van der Waals surface area contributed by atoms with E-state index in [2.05, 4.69) is 44.1 Å². The quantitative estimate of drug-likeness (QED) is 0.631. The fraction of sp³-hybridized carbons (Fsp3) is 0.167. The van der Waals surface area contributed by atoms with E-state index in [0.29, 0.717) is 0 Å². The van der Waals surface area contributed by atoms with Gasteiger partial charge in [0.05, 0.1) is 17.3 Å². The molecular weight excluding hydrogens is 422 g/mol. The van der Waals surface area contributed by atoms with E-state index in [1.807, 2.05) is 36.4 Å². The fourth-order valence-corrected chi connectivity index (χ4v) is 3.10. The first-order chi connectivity index (χ1) is 11.0. The average molecular weight is 439 g/mol. The van der Waals surface area contributed by atoms with Crippen molar-refractivity contribution in [1.82, 2.24) is 0 Å². The van der Waals surface area contributed by atoms with Crippen molar-refractivity contribution in [2.45, 2.75) is 13.3 Å². The minimum absolute atomic E-state index is 0.179. The van der Waals surface area contributed by atoms with Crippen LogP contribution < -0.4 is 10.1 Å². The van der Waals surface area contributed by atoms with Gasteiger partial charge in [0.1, 0.15) is 5.75 Å². The van der Waals surface area contributed by atoms with Crippen LogP contribution in [0, 0.1) is 0 Å². The Bertz CT molecular complexity index is 742. The van der Waals surface area contributed by atoms with E-state index in [-0.39, 0.29) is 5.91 Å². The first-order valence-corrected chi connectivity index (χ1v) is 8.73. The number of amides is 1. The molecule has 0 aromatic heterocycles. The molecule has 0 aliphatic rings. The Morgan fingerprint density at radius 3 is 2.57 bits per heavy atom. The Kier molecular flexibility index (Phi) is 6.42. The van der Waals surface area contributed by atoms with E-state index in [4.69, 9.17) is 4.74 Å². The Labute approximate surface area is 153 Å². The van der Waals surface area contributed by atoms with Gasteiger partial charge in [0, 0.05) is 10.5 Å². The molecule has 0 fully saturated rings. The summed E-state index contributed by atoms with van der Waals surface area (Å²) in [6.45, 7) is 2.09. The van der Waals surface area contributed by atoms with Gasteiger partial charge in [-0.15, -0.1) is 0 Å². The van der Waals surface area contributed by atoms with Gasteiger partial charge in [-0.05, 0) is 79.7 Å². The van der Waals surface area contributed by atoms with Crippen LogP contribution in [0.3, 0.4) is 0 Å². The second-order valence-electron chi connectivity index (χ2n) is 4.88. The molecule has 0 saturated carbocycles. The van der Waals surface area contributed by atoms with Gasteiger partial charge in [0.25, 0.3) is 0 Å². The van der Waals surface area contributed by atoms with Crippen molar-refractivity contribution >= 4 is 49.5 Å². The summed E-state index contributed by atoms with van der Waals surface area (Å²) in [5.41, 5.74) is 2.88. The predicted molar refractivity (Wildman–Crippen MR) is 102 cm³/mol. The highest BCUT2D eigenvalue weighted by Gasteiger charge is 2.04. The highest BCUT2D eigenvalue weighted by molar-refractivity contribution is 9.11. The number of methoxy groups -OCH3 is 1. The second kappa shape index (κ2) is 8.31. The van der Waals surface area contributed by atoms with Crippen LogP contribution in [0.15, 0.2) is 51.4 Å². The molecule has 0 saturated heterocycles. The predicted octanol–water partition coefficient (Wildman–Crippen LogP) is 5.43. The number of aryl methyl sites for hydroxylation is 1. The molecule has 0 aliphatic carbocycles. The molecule has 0 bridgehead atoms. The monoisotopic (exact) mass is 437 g/mol. The van der Waals surface area contributed by atoms with Crippen molar-refractivity contribution in [3.63, 3.8) is 0 Å². The van der Waals surface area contributed by atoms with Crippen LogP contribution in [0.25, 0.3) is 6.08 Å². The van der Waals surface area contributed by atoms with Gasteiger partial charge in [-0.2, -0.15) is 0 Å². The summed E-state index contributed by atoms with van der Waals surface area (Å²) in [4.78, 5) is 12.0. The lowest BCUT2D eigenvalue weighted by Gasteiger charge is -2.07. The van der Waals surface area contributed by atoms with Gasteiger partial charge in [0.2, 0.25) is 5.91 Å². The summed E-state index contributed by atoms with van der Waals surface area (Å²) in [6.07, 6.45) is 4.22. The number of ether oxygens (including phenoxy) is 1. The molecule has 2 aromatic carbocycles. The normalized spacial score (nSPS) is 10.8. The molecule has 0 unspecified atom stereocenters. The molecule has 1 N–H and O–H groups in total. The first kappa shape index (κ1) is 17.8. The Balaban J connectivity index is 2.05. The van der Waals surface area contributed by atoms with E-state index in [1.54, 1.807) is 13.2 Å². The zero-order chi connectivity index (χ0) is 16.8. The maximum absolute atomic E-state index is 12.0. The minimum Gasteiger partial charge on any atom is -0.496 e. The Morgan fingerprint density at radius 1 is 1.17 bits per heavy atom. The fourth-order valence-electron chi connectivity index (χ4n) is 2.01. The van der Waals surface area contributed by atoms with Crippen LogP contribution in [0.4, 0.5) is 5.69 Å². The Morgan fingerprint density at radius 2 is 1.96 bits per heavy atom. The summed E-state index contributed by atoms with van der Waals surface area (Å²) >= 11 is 6.90. The number of halogens is 2. The molecule has 0 aliphatic heterocycles. The third-order valence-corrected chi connectivity index (χ3v) is 4.58. The molecule has 23 heavy (non-hydrogen) atoms. The minimum atomic E-state index is -0.179. The van der Waals surface area contributed by atoms with E-state index in [1.165, 1.54) is 11.6 Å². The summed E-state index contributed by atoms with van der Waals surface area (Å²) in [7, 11) is 1.62. The maximum atomic E-state index is 12.0. The molecule has 0 heterocycles. The number of benzene rings is 2. The molecule has 0 radical (unpaired) electrons. The Hall–Kier alpha value is -1.59. The van der Waals surface area contributed by atoms with Crippen molar-refractivity contribution < 1.29 is 9.53 Å². The third kappa shape index (κ3) is 4.94. The van der Waals surface area contributed by atoms with E-state index < -0.39 is 0 Å². The van der Waals surface area contributed by atoms with Crippen LogP contribution in [-0.4, -0.2) is 13.0 Å². The zero-order valence-electron chi connectivity index (χ0n) is 12.9. The standard InChI is InChI=1S/C18H17Br2NO2/c1-3-12-4-7-16(14(19)10-12)21-18(22)9-6-13-5-8-17(23-2)15(20)11-13/h4-11H,3H2,1-2H3,(H,21,22)/b9-6+. The molecule has 2 aromatic rings. The van der Waals surface area contributed by atoms with Gasteiger partial charge in [-0.3, -0.25) is 4.79 Å². The maximum Gasteiger partial charge on any atom is 0.248 e. The van der Waals surface area contributed by atoms with E-state index in [9.17, 15) is 4.79 Å². The van der Waals surface area contributed by atoms with Crippen LogP contribution in [0.1, 0.15) is 18.1 Å². The van der Waals surface area contributed by atoms with Crippen LogP contribution in [-0.2, 0) is 11.2 Å². The van der Waals surface area contributed by atoms with Gasteiger partial charge >= 0.3 is 0 Å². The van der Waals surface area contributed by atoms with Gasteiger partial charge < -0.3 is 10.1 Å². The largest absolute Gasteiger partial charge is 0.496 e. The van der Waals surface area contributed by atoms with Crippen molar-refractivity contribution in [2.75, 3.05) is 12.4 Å². The molecular formula is C18H17Br2NO2. The van der Waals surface area contributed by atoms with E-state index in [0.717, 1.165) is 32.4 Å². The number of carbonyl (C=O) groups is 1. The summed E-state index contributed by atoms with van der Waals surface area (Å²) in [6, 6.07) is 11.6. The average Bonchev–Trinajstić information content (AvgIpc) is 2.55. The van der Waals surface area contributed by atoms with E-state index >= 15 is 0 Å². The van der Waals surface area contributed by atoms with Crippen LogP contribution in [0.2, 0.25) is 0 Å². The van der Waals surface area contributed by atoms with Gasteiger partial charge in [-0.25, -0.2) is 0 Å². The topological polar surface area (TPSA) is 38.3 Å². The number of nitrogens with one attached hydrogen (secondary N) is 1. The lowest BCUT2D eigenvalue weighted by Crippen LogP contribution is -2.08. The molecule has 1 amide bonds. The molecule has 2 rings (SSSR count). The number of anilines is 1. The summed E-state index contributed by atoms with van der Waals surface area (Å²) in [5, 5.41) is 2.86. The smallest absolute Gasteiger partial charge is 0.248 e. The van der Waals surface area contributed by atoms with Crippen molar-refractivity contribution in [2.24, 2.45) is 0 Å². The summed E-state index contributed by atoms with van der Waals surface area (Å²) in [5.74, 6) is 0.577. The lowest BCUT2D eigenvalue weighted by molar-refractivity contribution is -0.111. The molecule has 5 heteroatoms.